The number of halogens is 1. The lowest BCUT2D eigenvalue weighted by atomic mass is 10.2. The average molecular weight is 419 g/mol. The van der Waals surface area contributed by atoms with E-state index < -0.39 is 26.6 Å². The summed E-state index contributed by atoms with van der Waals surface area (Å²) in [6.07, 6.45) is 1.34. The van der Waals surface area contributed by atoms with Crippen LogP contribution in [0.2, 0.25) is 0 Å². The number of nitrogens with zero attached hydrogens (tertiary/aromatic N) is 1. The molecule has 0 atom stereocenters. The zero-order chi connectivity index (χ0) is 20.9. The molecule has 1 amide bonds. The number of carbonyl (C=O) groups excluding carboxylic acids is 1. The molecule has 29 heavy (non-hydrogen) atoms. The first-order chi connectivity index (χ1) is 13.9. The van der Waals surface area contributed by atoms with Crippen LogP contribution in [0.15, 0.2) is 60.0 Å². The van der Waals surface area contributed by atoms with Gasteiger partial charge in [0.05, 0.1) is 13.2 Å². The molecule has 0 spiro atoms. The Hall–Kier alpha value is -2.75. The number of morpholine rings is 1. The van der Waals surface area contributed by atoms with Crippen LogP contribution in [0.5, 0.6) is 0 Å². The fraction of sp³-hybridized carbons (Fsp3) is 0.250. The lowest BCUT2D eigenvalue weighted by molar-refractivity contribution is 0.102. The highest BCUT2D eigenvalue weighted by molar-refractivity contribution is 7.89. The normalized spacial score (nSPS) is 14.4. The summed E-state index contributed by atoms with van der Waals surface area (Å²) >= 11 is 0. The first-order valence-corrected chi connectivity index (χ1v) is 10.5. The first-order valence-electron chi connectivity index (χ1n) is 9.05. The van der Waals surface area contributed by atoms with Gasteiger partial charge in [0, 0.05) is 36.6 Å². The molecule has 1 saturated heterocycles. The van der Waals surface area contributed by atoms with Gasteiger partial charge in [0.2, 0.25) is 10.0 Å². The number of benzene rings is 2. The van der Waals surface area contributed by atoms with E-state index in [4.69, 9.17) is 4.74 Å². The van der Waals surface area contributed by atoms with E-state index in [2.05, 4.69) is 21.5 Å². The van der Waals surface area contributed by atoms with Crippen LogP contribution < -0.4 is 14.9 Å². The predicted molar refractivity (Wildman–Crippen MR) is 109 cm³/mol. The average Bonchev–Trinajstić information content (AvgIpc) is 2.73. The zero-order valence-corrected chi connectivity index (χ0v) is 16.5. The minimum absolute atomic E-state index is 0.0298. The summed E-state index contributed by atoms with van der Waals surface area (Å²) in [6.45, 7) is 6.17. The van der Waals surface area contributed by atoms with Crippen LogP contribution in [0.4, 0.5) is 15.8 Å². The van der Waals surface area contributed by atoms with Gasteiger partial charge in [-0.2, -0.15) is 0 Å². The van der Waals surface area contributed by atoms with Gasteiger partial charge < -0.3 is 15.0 Å². The third kappa shape index (κ3) is 5.20. The molecule has 2 aromatic carbocycles. The number of hydrogen-bond donors (Lipinski definition) is 2. The van der Waals surface area contributed by atoms with Gasteiger partial charge in [-0.1, -0.05) is 12.1 Å². The monoisotopic (exact) mass is 419 g/mol. The van der Waals surface area contributed by atoms with Crippen LogP contribution in [0.25, 0.3) is 0 Å². The van der Waals surface area contributed by atoms with Crippen molar-refractivity contribution in [3.63, 3.8) is 0 Å². The molecule has 0 bridgehead atoms. The van der Waals surface area contributed by atoms with E-state index in [1.807, 2.05) is 18.2 Å². The van der Waals surface area contributed by atoms with Gasteiger partial charge in [0.15, 0.2) is 0 Å². The van der Waals surface area contributed by atoms with Gasteiger partial charge in [-0.15, -0.1) is 6.58 Å². The Balaban J connectivity index is 1.79. The van der Waals surface area contributed by atoms with Gasteiger partial charge in [0.25, 0.3) is 5.91 Å². The maximum absolute atomic E-state index is 14.0. The Bertz CT molecular complexity index is 1000. The Morgan fingerprint density at radius 2 is 1.97 bits per heavy atom. The van der Waals surface area contributed by atoms with Gasteiger partial charge >= 0.3 is 0 Å². The highest BCUT2D eigenvalue weighted by Gasteiger charge is 2.21. The molecular weight excluding hydrogens is 397 g/mol. The van der Waals surface area contributed by atoms with E-state index >= 15 is 0 Å². The maximum Gasteiger partial charge on any atom is 0.255 e. The second-order valence-corrected chi connectivity index (χ2v) is 8.13. The number of rotatable bonds is 7. The first kappa shape index (κ1) is 21.0. The Kier molecular flexibility index (Phi) is 6.63. The van der Waals surface area contributed by atoms with E-state index in [0.717, 1.165) is 30.9 Å². The number of nitrogens with one attached hydrogen (secondary N) is 2. The fourth-order valence-electron chi connectivity index (χ4n) is 2.90. The van der Waals surface area contributed by atoms with Crippen LogP contribution in [-0.4, -0.2) is 47.2 Å². The lowest BCUT2D eigenvalue weighted by Crippen LogP contribution is -2.36. The SMILES string of the molecule is C=CCNS(=O)(=O)c1cc(C(=O)Nc2cccc(N3CCOCC3)c2)ccc1F. The van der Waals surface area contributed by atoms with Crippen LogP contribution >= 0.6 is 0 Å². The zero-order valence-electron chi connectivity index (χ0n) is 15.7. The molecule has 0 aromatic heterocycles. The molecule has 0 radical (unpaired) electrons. The molecule has 1 aliphatic heterocycles. The van der Waals surface area contributed by atoms with Gasteiger partial charge in [0.1, 0.15) is 10.7 Å². The summed E-state index contributed by atoms with van der Waals surface area (Å²) in [4.78, 5) is 14.2. The predicted octanol–water partition coefficient (Wildman–Crippen LogP) is 2.38. The van der Waals surface area contributed by atoms with Crippen LogP contribution in [0.3, 0.4) is 0 Å². The Labute approximate surface area is 169 Å². The summed E-state index contributed by atoms with van der Waals surface area (Å²) in [5, 5.41) is 2.73. The van der Waals surface area contributed by atoms with Crippen molar-refractivity contribution in [2.24, 2.45) is 0 Å². The van der Waals surface area contributed by atoms with Crippen molar-refractivity contribution in [3.8, 4) is 0 Å². The third-order valence-electron chi connectivity index (χ3n) is 4.38. The summed E-state index contributed by atoms with van der Waals surface area (Å²) in [5.74, 6) is -1.48. The molecule has 1 heterocycles. The molecule has 0 unspecified atom stereocenters. The summed E-state index contributed by atoms with van der Waals surface area (Å²) in [5.41, 5.74) is 1.53. The number of hydrogen-bond acceptors (Lipinski definition) is 5. The maximum atomic E-state index is 14.0. The van der Waals surface area contributed by atoms with Crippen LogP contribution in [0.1, 0.15) is 10.4 Å². The van der Waals surface area contributed by atoms with Gasteiger partial charge in [-0.3, -0.25) is 4.79 Å². The standard InChI is InChI=1S/C20H22FN3O4S/c1-2-8-22-29(26,27)19-13-15(6-7-18(19)21)20(25)23-16-4-3-5-17(14-16)24-9-11-28-12-10-24/h2-7,13-14,22H,1,8-12H2,(H,23,25). The molecule has 154 valence electrons. The van der Waals surface area contributed by atoms with E-state index in [9.17, 15) is 17.6 Å². The topological polar surface area (TPSA) is 87.7 Å². The van der Waals surface area contributed by atoms with E-state index in [0.29, 0.717) is 18.9 Å². The van der Waals surface area contributed by atoms with E-state index in [1.54, 1.807) is 6.07 Å². The molecule has 1 aliphatic rings. The quantitative estimate of drug-likeness (QED) is 0.673. The number of sulfonamides is 1. The Morgan fingerprint density at radius 3 is 2.69 bits per heavy atom. The molecule has 0 saturated carbocycles. The summed E-state index contributed by atoms with van der Waals surface area (Å²) in [7, 11) is -4.10. The van der Waals surface area contributed by atoms with Gasteiger partial charge in [-0.05, 0) is 36.4 Å². The van der Waals surface area contributed by atoms with Crippen molar-refractivity contribution in [3.05, 3.63) is 66.5 Å². The minimum atomic E-state index is -4.10. The highest BCUT2D eigenvalue weighted by atomic mass is 32.2. The molecule has 2 aromatic rings. The van der Waals surface area contributed by atoms with Crippen molar-refractivity contribution in [2.45, 2.75) is 4.90 Å². The van der Waals surface area contributed by atoms with Crippen molar-refractivity contribution >= 4 is 27.3 Å². The summed E-state index contributed by atoms with van der Waals surface area (Å²) < 4.78 is 46.0. The number of anilines is 2. The van der Waals surface area contributed by atoms with Crippen LogP contribution in [0, 0.1) is 5.82 Å². The van der Waals surface area contributed by atoms with Crippen LogP contribution in [-0.2, 0) is 14.8 Å². The molecule has 2 N–H and O–H groups in total. The van der Waals surface area contributed by atoms with Crippen molar-refractivity contribution in [1.82, 2.24) is 4.72 Å². The Morgan fingerprint density at radius 1 is 1.21 bits per heavy atom. The van der Waals surface area contributed by atoms with Crippen molar-refractivity contribution in [1.29, 1.82) is 0 Å². The smallest absolute Gasteiger partial charge is 0.255 e. The summed E-state index contributed by atoms with van der Waals surface area (Å²) in [6, 6.07) is 10.5. The second-order valence-electron chi connectivity index (χ2n) is 6.39. The molecule has 9 heteroatoms. The van der Waals surface area contributed by atoms with E-state index in [1.165, 1.54) is 12.1 Å². The van der Waals surface area contributed by atoms with Crippen molar-refractivity contribution in [2.75, 3.05) is 43.1 Å². The van der Waals surface area contributed by atoms with E-state index in [-0.39, 0.29) is 12.1 Å². The number of amides is 1. The third-order valence-corrected chi connectivity index (χ3v) is 5.82. The number of carbonyl (C=O) groups is 1. The molecule has 3 rings (SSSR count). The highest BCUT2D eigenvalue weighted by Crippen LogP contribution is 2.22. The lowest BCUT2D eigenvalue weighted by Gasteiger charge is -2.29. The molecule has 1 fully saturated rings. The largest absolute Gasteiger partial charge is 0.378 e. The van der Waals surface area contributed by atoms with Gasteiger partial charge in [-0.25, -0.2) is 17.5 Å². The molecule has 7 nitrogen and oxygen atoms in total. The fourth-order valence-corrected chi connectivity index (χ4v) is 4.00. The molecule has 0 aliphatic carbocycles. The molecular formula is C20H22FN3O4S. The van der Waals surface area contributed by atoms with Crippen molar-refractivity contribution < 1.29 is 22.3 Å². The minimum Gasteiger partial charge on any atom is -0.378 e. The number of ether oxygens (including phenoxy) is 1. The second kappa shape index (κ2) is 9.17.